The van der Waals surface area contributed by atoms with Crippen LogP contribution in [0.2, 0.25) is 0 Å². The monoisotopic (exact) mass is 550 g/mol. The van der Waals surface area contributed by atoms with E-state index in [1.807, 2.05) is 0 Å². The Morgan fingerprint density at radius 2 is 1.62 bits per heavy atom. The van der Waals surface area contributed by atoms with Gasteiger partial charge < -0.3 is 16.2 Å². The molecule has 4 saturated carbocycles. The Morgan fingerprint density at radius 3 is 2.33 bits per heavy atom. The fraction of sp³-hybridized carbons (Fsp3) is 0.771. The van der Waals surface area contributed by atoms with Gasteiger partial charge in [0.15, 0.2) is 0 Å². The number of carbonyl (C=O) groups excluding carboxylic acids is 2. The fourth-order valence-electron chi connectivity index (χ4n) is 10.8. The SMILES string of the molecule is CC(C)CCC[C@@H](C)[C@H]1CC[C@H]2[C@@H]3CCC4CCCC(C(=O)OC(=O)c5cc(N)cc(N)c5)[C@]4(C)[C@H]3CC[C@]12C. The van der Waals surface area contributed by atoms with Gasteiger partial charge in [-0.1, -0.05) is 60.3 Å². The average molecular weight is 551 g/mol. The van der Waals surface area contributed by atoms with E-state index >= 15 is 0 Å². The lowest BCUT2D eigenvalue weighted by molar-refractivity contribution is -0.172. The Hall–Kier alpha value is -2.04. The first-order chi connectivity index (χ1) is 18.9. The van der Waals surface area contributed by atoms with E-state index < -0.39 is 5.97 Å². The lowest BCUT2D eigenvalue weighted by atomic mass is 9.42. The van der Waals surface area contributed by atoms with Crippen molar-refractivity contribution in [1.29, 1.82) is 0 Å². The maximum atomic E-state index is 13.8. The zero-order valence-corrected chi connectivity index (χ0v) is 25.7. The van der Waals surface area contributed by atoms with Gasteiger partial charge in [0, 0.05) is 11.4 Å². The van der Waals surface area contributed by atoms with E-state index in [0.717, 1.165) is 36.5 Å². The van der Waals surface area contributed by atoms with Crippen LogP contribution < -0.4 is 11.5 Å². The van der Waals surface area contributed by atoms with E-state index in [4.69, 9.17) is 16.2 Å². The van der Waals surface area contributed by atoms with Crippen LogP contribution in [-0.4, -0.2) is 11.9 Å². The molecule has 0 aliphatic heterocycles. The first-order valence-corrected chi connectivity index (χ1v) is 16.4. The predicted molar refractivity (Wildman–Crippen MR) is 162 cm³/mol. The van der Waals surface area contributed by atoms with Gasteiger partial charge in [0.05, 0.1) is 11.5 Å². The number of nitrogens with two attached hydrogens (primary N) is 2. The Morgan fingerprint density at radius 1 is 0.900 bits per heavy atom. The van der Waals surface area contributed by atoms with Crippen LogP contribution in [0.5, 0.6) is 0 Å². The quantitative estimate of drug-likeness (QED) is 0.202. The molecule has 0 saturated heterocycles. The highest BCUT2D eigenvalue weighted by molar-refractivity contribution is 5.98. The van der Waals surface area contributed by atoms with Crippen LogP contribution >= 0.6 is 0 Å². The third kappa shape index (κ3) is 5.20. The molecule has 222 valence electrons. The number of rotatable bonds is 7. The summed E-state index contributed by atoms with van der Waals surface area (Å²) in [4.78, 5) is 26.8. The highest BCUT2D eigenvalue weighted by atomic mass is 16.6. The summed E-state index contributed by atoms with van der Waals surface area (Å²) in [5, 5.41) is 0. The molecule has 0 aromatic heterocycles. The summed E-state index contributed by atoms with van der Waals surface area (Å²) >= 11 is 0. The summed E-state index contributed by atoms with van der Waals surface area (Å²) in [6.07, 6.45) is 14.8. The first kappa shape index (κ1) is 29.5. The number of esters is 2. The molecule has 2 unspecified atom stereocenters. The van der Waals surface area contributed by atoms with Crippen LogP contribution in [0.25, 0.3) is 0 Å². The van der Waals surface area contributed by atoms with Gasteiger partial charge in [-0.25, -0.2) is 4.79 Å². The van der Waals surface area contributed by atoms with Crippen molar-refractivity contribution in [2.24, 2.45) is 58.2 Å². The van der Waals surface area contributed by atoms with E-state index in [1.165, 1.54) is 76.3 Å². The third-order valence-electron chi connectivity index (χ3n) is 12.7. The minimum absolute atomic E-state index is 0.102. The molecule has 5 rings (SSSR count). The van der Waals surface area contributed by atoms with E-state index in [0.29, 0.717) is 34.5 Å². The van der Waals surface area contributed by atoms with Crippen molar-refractivity contribution in [2.75, 3.05) is 11.5 Å². The largest absolute Gasteiger partial charge is 0.399 e. The Balaban J connectivity index is 1.33. The Kier molecular flexibility index (Phi) is 8.34. The zero-order chi connectivity index (χ0) is 28.8. The van der Waals surface area contributed by atoms with Gasteiger partial charge in [-0.05, 0) is 122 Å². The van der Waals surface area contributed by atoms with E-state index in [2.05, 4.69) is 34.6 Å². The second kappa shape index (κ2) is 11.3. The number of ether oxygens (including phenoxy) is 1. The summed E-state index contributed by atoms with van der Waals surface area (Å²) in [6.45, 7) is 12.2. The molecule has 9 atom stereocenters. The van der Waals surface area contributed by atoms with Gasteiger partial charge in [-0.3, -0.25) is 4.79 Å². The molecule has 0 bridgehead atoms. The molecule has 5 nitrogen and oxygen atoms in total. The fourth-order valence-corrected chi connectivity index (χ4v) is 10.8. The number of anilines is 2. The van der Waals surface area contributed by atoms with Crippen molar-refractivity contribution < 1.29 is 14.3 Å². The highest BCUT2D eigenvalue weighted by Crippen LogP contribution is 2.69. The van der Waals surface area contributed by atoms with Gasteiger partial charge in [-0.2, -0.15) is 0 Å². The molecule has 0 heterocycles. The molecule has 0 amide bonds. The summed E-state index contributed by atoms with van der Waals surface area (Å²) in [5.41, 5.74) is 13.2. The van der Waals surface area contributed by atoms with Crippen LogP contribution in [0.4, 0.5) is 11.4 Å². The molecular formula is C35H54N2O3. The Labute approximate surface area is 242 Å². The van der Waals surface area contributed by atoms with Gasteiger partial charge >= 0.3 is 11.9 Å². The van der Waals surface area contributed by atoms with Crippen molar-refractivity contribution in [2.45, 2.75) is 112 Å². The number of hydrogen-bond acceptors (Lipinski definition) is 5. The van der Waals surface area contributed by atoms with Gasteiger partial charge in [-0.15, -0.1) is 0 Å². The minimum atomic E-state index is -0.636. The predicted octanol–water partition coefficient (Wildman–Crippen LogP) is 8.27. The number of benzene rings is 1. The molecule has 4 aliphatic rings. The molecular weight excluding hydrogens is 496 g/mol. The number of nitrogen functional groups attached to an aromatic ring is 2. The first-order valence-electron chi connectivity index (χ1n) is 16.4. The molecule has 40 heavy (non-hydrogen) atoms. The third-order valence-corrected chi connectivity index (χ3v) is 12.7. The smallest absolute Gasteiger partial charge is 0.345 e. The standard InChI is InChI=1S/C35H54N2O3/c1-21(2)8-6-9-22(3)28-14-15-29-27-13-12-24-10-7-11-31(35(24,5)30(27)16-17-34(28,29)4)33(39)40-32(38)23-18-25(36)20-26(37)19-23/h18-22,24,27-31H,6-17,36-37H2,1-5H3/t22-,24?,27+,28-,29+,30+,31?,34-,35+/m1/s1. The van der Waals surface area contributed by atoms with Crippen molar-refractivity contribution in [3.63, 3.8) is 0 Å². The molecule has 4 fully saturated rings. The maximum absolute atomic E-state index is 13.8. The number of fused-ring (bicyclic) bond motifs is 5. The number of carbonyl (C=O) groups is 2. The highest BCUT2D eigenvalue weighted by Gasteiger charge is 2.63. The summed E-state index contributed by atoms with van der Waals surface area (Å²) in [5.74, 6) is 3.73. The zero-order valence-electron chi connectivity index (χ0n) is 25.7. The average Bonchev–Trinajstić information content (AvgIpc) is 3.24. The molecule has 5 heteroatoms. The normalized spacial score (nSPS) is 37.8. The van der Waals surface area contributed by atoms with Crippen LogP contribution in [-0.2, 0) is 9.53 Å². The van der Waals surface area contributed by atoms with Crippen LogP contribution in [0.3, 0.4) is 0 Å². The van der Waals surface area contributed by atoms with Crippen LogP contribution in [0, 0.1) is 58.2 Å². The Bertz CT molecular complexity index is 1080. The van der Waals surface area contributed by atoms with Crippen molar-refractivity contribution in [3.8, 4) is 0 Å². The lowest BCUT2D eigenvalue weighted by Gasteiger charge is -2.62. The van der Waals surface area contributed by atoms with Crippen LogP contribution in [0.1, 0.15) is 122 Å². The molecule has 1 aromatic rings. The lowest BCUT2D eigenvalue weighted by Crippen LogP contribution is -2.57. The second-order valence-electron chi connectivity index (χ2n) is 15.1. The van der Waals surface area contributed by atoms with Crippen molar-refractivity contribution in [3.05, 3.63) is 23.8 Å². The summed E-state index contributed by atoms with van der Waals surface area (Å²) < 4.78 is 5.60. The molecule has 4 aliphatic carbocycles. The van der Waals surface area contributed by atoms with E-state index in [-0.39, 0.29) is 22.9 Å². The molecule has 4 N–H and O–H groups in total. The van der Waals surface area contributed by atoms with Crippen molar-refractivity contribution >= 4 is 23.3 Å². The minimum Gasteiger partial charge on any atom is -0.399 e. The summed E-state index contributed by atoms with van der Waals surface area (Å²) in [7, 11) is 0. The van der Waals surface area contributed by atoms with E-state index in [9.17, 15) is 9.59 Å². The maximum Gasteiger partial charge on any atom is 0.345 e. The van der Waals surface area contributed by atoms with Crippen molar-refractivity contribution in [1.82, 2.24) is 0 Å². The second-order valence-corrected chi connectivity index (χ2v) is 15.1. The van der Waals surface area contributed by atoms with Gasteiger partial charge in [0.25, 0.3) is 0 Å². The number of hydrogen-bond donors (Lipinski definition) is 2. The summed E-state index contributed by atoms with van der Waals surface area (Å²) in [6, 6.07) is 4.68. The molecule has 1 aromatic carbocycles. The van der Waals surface area contributed by atoms with Crippen LogP contribution in [0.15, 0.2) is 18.2 Å². The van der Waals surface area contributed by atoms with Gasteiger partial charge in [0.1, 0.15) is 0 Å². The van der Waals surface area contributed by atoms with Gasteiger partial charge in [0.2, 0.25) is 0 Å². The molecule has 0 spiro atoms. The topological polar surface area (TPSA) is 95.4 Å². The van der Waals surface area contributed by atoms with E-state index in [1.54, 1.807) is 6.07 Å². The molecule has 0 radical (unpaired) electrons.